The standard InChI is InChI=1S/C18H22N4O3S/c1-12-4-3-5-13(2)22(12)16(23)10-25-15-8-6-14(7-9-15)17(24)20-18-21-19-11-26-18/h6-9,11-13H,3-5,10H2,1-2H3,(H,20,21,24)/t12-,13-/m1/s1. The van der Waals surface area contributed by atoms with E-state index in [-0.39, 0.29) is 30.5 Å². The Balaban J connectivity index is 1.54. The van der Waals surface area contributed by atoms with Crippen LogP contribution in [0.2, 0.25) is 0 Å². The van der Waals surface area contributed by atoms with Crippen molar-refractivity contribution in [3.8, 4) is 5.75 Å². The Kier molecular flexibility index (Phi) is 5.82. The van der Waals surface area contributed by atoms with Crippen molar-refractivity contribution in [3.63, 3.8) is 0 Å². The van der Waals surface area contributed by atoms with Gasteiger partial charge in [-0.3, -0.25) is 14.9 Å². The topological polar surface area (TPSA) is 84.4 Å². The Hall–Kier alpha value is -2.48. The van der Waals surface area contributed by atoms with Gasteiger partial charge in [-0.15, -0.1) is 10.2 Å². The summed E-state index contributed by atoms with van der Waals surface area (Å²) in [6, 6.07) is 7.18. The van der Waals surface area contributed by atoms with Crippen LogP contribution in [0.15, 0.2) is 29.8 Å². The number of amides is 2. The van der Waals surface area contributed by atoms with Crippen LogP contribution in [0.4, 0.5) is 5.13 Å². The van der Waals surface area contributed by atoms with E-state index in [9.17, 15) is 9.59 Å². The van der Waals surface area contributed by atoms with Crippen molar-refractivity contribution < 1.29 is 14.3 Å². The van der Waals surface area contributed by atoms with Gasteiger partial charge in [0.05, 0.1) is 0 Å². The number of aromatic nitrogens is 2. The molecule has 0 unspecified atom stereocenters. The Morgan fingerprint density at radius 3 is 2.54 bits per heavy atom. The summed E-state index contributed by atoms with van der Waals surface area (Å²) in [5, 5.41) is 10.6. The predicted molar refractivity (Wildman–Crippen MR) is 99.4 cm³/mol. The van der Waals surface area contributed by atoms with Crippen molar-refractivity contribution >= 4 is 28.3 Å². The average Bonchev–Trinajstić information content (AvgIpc) is 3.13. The van der Waals surface area contributed by atoms with E-state index in [4.69, 9.17) is 4.74 Å². The molecule has 1 aliphatic rings. The quantitative estimate of drug-likeness (QED) is 0.870. The van der Waals surface area contributed by atoms with E-state index in [0.29, 0.717) is 16.4 Å². The third-order valence-electron chi connectivity index (χ3n) is 4.54. The number of likely N-dealkylation sites (tertiary alicyclic amines) is 1. The van der Waals surface area contributed by atoms with E-state index in [0.717, 1.165) is 19.3 Å². The summed E-state index contributed by atoms with van der Waals surface area (Å²) in [5.41, 5.74) is 2.03. The van der Waals surface area contributed by atoms with Crippen LogP contribution in [0.25, 0.3) is 0 Å². The van der Waals surface area contributed by atoms with Crippen molar-refractivity contribution in [2.45, 2.75) is 45.2 Å². The monoisotopic (exact) mass is 374 g/mol. The van der Waals surface area contributed by atoms with Gasteiger partial charge >= 0.3 is 0 Å². The predicted octanol–water partition coefficient (Wildman–Crippen LogP) is 2.96. The number of anilines is 1. The highest BCUT2D eigenvalue weighted by atomic mass is 32.1. The minimum Gasteiger partial charge on any atom is -0.484 e. The molecular weight excluding hydrogens is 352 g/mol. The molecule has 2 aromatic rings. The molecule has 0 saturated carbocycles. The molecule has 7 nitrogen and oxygen atoms in total. The first-order chi connectivity index (χ1) is 12.5. The Labute approximate surface area is 156 Å². The van der Waals surface area contributed by atoms with E-state index in [1.165, 1.54) is 11.3 Å². The van der Waals surface area contributed by atoms with Crippen LogP contribution in [-0.4, -0.2) is 45.6 Å². The number of piperidine rings is 1. The lowest BCUT2D eigenvalue weighted by atomic mass is 9.97. The highest BCUT2D eigenvalue weighted by Crippen LogP contribution is 2.23. The normalized spacial score (nSPS) is 19.8. The molecule has 1 aromatic carbocycles. The van der Waals surface area contributed by atoms with E-state index in [2.05, 4.69) is 29.4 Å². The fraction of sp³-hybridized carbons (Fsp3) is 0.444. The zero-order valence-corrected chi connectivity index (χ0v) is 15.7. The number of nitrogens with zero attached hydrogens (tertiary/aromatic N) is 3. The van der Waals surface area contributed by atoms with Gasteiger partial charge in [-0.05, 0) is 57.4 Å². The number of rotatable bonds is 5. The highest BCUT2D eigenvalue weighted by Gasteiger charge is 2.28. The lowest BCUT2D eigenvalue weighted by molar-refractivity contribution is -0.139. The second-order valence-electron chi connectivity index (χ2n) is 6.44. The zero-order chi connectivity index (χ0) is 18.5. The SMILES string of the molecule is C[C@@H]1CCC[C@@H](C)N1C(=O)COc1ccc(C(=O)Nc2nncs2)cc1. The van der Waals surface area contributed by atoms with E-state index in [1.807, 2.05) is 4.90 Å². The molecule has 138 valence electrons. The van der Waals surface area contributed by atoms with Crippen LogP contribution < -0.4 is 10.1 Å². The minimum absolute atomic E-state index is 0.00258. The number of carbonyl (C=O) groups excluding carboxylic acids is 2. The van der Waals surface area contributed by atoms with Gasteiger partial charge in [-0.1, -0.05) is 11.3 Å². The molecule has 0 aliphatic carbocycles. The first kappa shape index (κ1) is 18.3. The molecule has 1 aromatic heterocycles. The molecule has 1 N–H and O–H groups in total. The lowest BCUT2D eigenvalue weighted by Crippen LogP contribution is -2.49. The number of ether oxygens (including phenoxy) is 1. The van der Waals surface area contributed by atoms with E-state index < -0.39 is 0 Å². The highest BCUT2D eigenvalue weighted by molar-refractivity contribution is 7.13. The molecule has 1 fully saturated rings. The Morgan fingerprint density at radius 2 is 1.92 bits per heavy atom. The largest absolute Gasteiger partial charge is 0.484 e. The van der Waals surface area contributed by atoms with Crippen LogP contribution in [0.1, 0.15) is 43.5 Å². The van der Waals surface area contributed by atoms with Crippen LogP contribution in [-0.2, 0) is 4.79 Å². The van der Waals surface area contributed by atoms with Gasteiger partial charge in [0.15, 0.2) is 6.61 Å². The van der Waals surface area contributed by atoms with Gasteiger partial charge < -0.3 is 9.64 Å². The first-order valence-electron chi connectivity index (χ1n) is 8.66. The van der Waals surface area contributed by atoms with Crippen LogP contribution in [0.5, 0.6) is 5.75 Å². The molecule has 2 atom stereocenters. The molecule has 0 radical (unpaired) electrons. The van der Waals surface area contributed by atoms with Crippen LogP contribution in [0.3, 0.4) is 0 Å². The van der Waals surface area contributed by atoms with Crippen molar-refractivity contribution in [1.29, 1.82) is 0 Å². The van der Waals surface area contributed by atoms with Crippen molar-refractivity contribution in [2.24, 2.45) is 0 Å². The summed E-state index contributed by atoms with van der Waals surface area (Å²) in [7, 11) is 0. The fourth-order valence-corrected chi connectivity index (χ4v) is 3.67. The summed E-state index contributed by atoms with van der Waals surface area (Å²) in [6.45, 7) is 4.17. The summed E-state index contributed by atoms with van der Waals surface area (Å²) in [4.78, 5) is 26.5. The van der Waals surface area contributed by atoms with E-state index in [1.54, 1.807) is 29.8 Å². The molecule has 2 heterocycles. The molecule has 26 heavy (non-hydrogen) atoms. The molecule has 0 bridgehead atoms. The van der Waals surface area contributed by atoms with Crippen LogP contribution in [0, 0.1) is 0 Å². The molecule has 3 rings (SSSR count). The second kappa shape index (κ2) is 8.27. The summed E-state index contributed by atoms with van der Waals surface area (Å²) in [5.74, 6) is 0.297. The van der Waals surface area contributed by atoms with Gasteiger partial charge in [0.1, 0.15) is 11.3 Å². The summed E-state index contributed by atoms with van der Waals surface area (Å²) >= 11 is 1.25. The van der Waals surface area contributed by atoms with Gasteiger partial charge in [0.25, 0.3) is 11.8 Å². The van der Waals surface area contributed by atoms with Crippen molar-refractivity contribution in [3.05, 3.63) is 35.3 Å². The van der Waals surface area contributed by atoms with Crippen LogP contribution >= 0.6 is 11.3 Å². The lowest BCUT2D eigenvalue weighted by Gasteiger charge is -2.38. The molecule has 1 saturated heterocycles. The summed E-state index contributed by atoms with van der Waals surface area (Å²) in [6.07, 6.45) is 3.23. The maximum absolute atomic E-state index is 12.5. The summed E-state index contributed by atoms with van der Waals surface area (Å²) < 4.78 is 5.62. The number of nitrogens with one attached hydrogen (secondary N) is 1. The van der Waals surface area contributed by atoms with Gasteiger partial charge in [0, 0.05) is 17.6 Å². The Morgan fingerprint density at radius 1 is 1.23 bits per heavy atom. The molecular formula is C18H22N4O3S. The Bertz CT molecular complexity index is 738. The number of hydrogen-bond acceptors (Lipinski definition) is 6. The van der Waals surface area contributed by atoms with E-state index >= 15 is 0 Å². The minimum atomic E-state index is -0.264. The number of hydrogen-bond donors (Lipinski definition) is 1. The average molecular weight is 374 g/mol. The first-order valence-corrected chi connectivity index (χ1v) is 9.54. The van der Waals surface area contributed by atoms with Crippen molar-refractivity contribution in [1.82, 2.24) is 15.1 Å². The zero-order valence-electron chi connectivity index (χ0n) is 14.8. The maximum atomic E-state index is 12.5. The third kappa shape index (κ3) is 4.37. The molecule has 0 spiro atoms. The van der Waals surface area contributed by atoms with Gasteiger partial charge in [-0.2, -0.15) is 0 Å². The molecule has 1 aliphatic heterocycles. The van der Waals surface area contributed by atoms with Gasteiger partial charge in [0.2, 0.25) is 5.13 Å². The maximum Gasteiger partial charge on any atom is 0.260 e. The molecule has 2 amide bonds. The fourth-order valence-electron chi connectivity index (χ4n) is 3.23. The second-order valence-corrected chi connectivity index (χ2v) is 7.27. The number of carbonyl (C=O) groups is 2. The number of benzene rings is 1. The van der Waals surface area contributed by atoms with Gasteiger partial charge in [-0.25, -0.2) is 0 Å². The smallest absolute Gasteiger partial charge is 0.260 e. The third-order valence-corrected chi connectivity index (χ3v) is 5.15. The molecule has 8 heteroatoms. The van der Waals surface area contributed by atoms with Crippen molar-refractivity contribution in [2.75, 3.05) is 11.9 Å².